The van der Waals surface area contributed by atoms with E-state index in [1.807, 2.05) is 18.2 Å². The minimum absolute atomic E-state index is 0.0139. The first kappa shape index (κ1) is 16.5. The SMILES string of the molecule is CC(N)(CCCOc1ccccc1C(C)(C)C)C(=O)O. The van der Waals surface area contributed by atoms with Crippen molar-refractivity contribution >= 4 is 5.97 Å². The van der Waals surface area contributed by atoms with Gasteiger partial charge < -0.3 is 15.6 Å². The summed E-state index contributed by atoms with van der Waals surface area (Å²) < 4.78 is 5.79. The van der Waals surface area contributed by atoms with Crippen LogP contribution < -0.4 is 10.5 Å². The van der Waals surface area contributed by atoms with Crippen LogP contribution in [0.5, 0.6) is 5.75 Å². The largest absolute Gasteiger partial charge is 0.493 e. The van der Waals surface area contributed by atoms with Gasteiger partial charge in [-0.2, -0.15) is 0 Å². The normalized spacial score (nSPS) is 14.7. The van der Waals surface area contributed by atoms with Crippen molar-refractivity contribution < 1.29 is 14.6 Å². The predicted molar refractivity (Wildman–Crippen MR) is 80.1 cm³/mol. The molecule has 0 aliphatic carbocycles. The molecular weight excluding hydrogens is 254 g/mol. The number of hydrogen-bond acceptors (Lipinski definition) is 3. The Bertz CT molecular complexity index is 461. The van der Waals surface area contributed by atoms with Crippen molar-refractivity contribution in [2.75, 3.05) is 6.61 Å². The van der Waals surface area contributed by atoms with E-state index in [1.165, 1.54) is 6.92 Å². The maximum absolute atomic E-state index is 10.9. The summed E-state index contributed by atoms with van der Waals surface area (Å²) in [6.07, 6.45) is 0.998. The standard InChI is InChI=1S/C16H25NO3/c1-15(2,3)12-8-5-6-9-13(12)20-11-7-10-16(4,17)14(18)19/h5-6,8-9H,7,10-11,17H2,1-4H3,(H,18,19). The molecule has 0 radical (unpaired) electrons. The average Bonchev–Trinajstić information content (AvgIpc) is 2.34. The van der Waals surface area contributed by atoms with Gasteiger partial charge in [0.1, 0.15) is 11.3 Å². The molecule has 1 atom stereocenters. The van der Waals surface area contributed by atoms with Gasteiger partial charge in [0.05, 0.1) is 6.61 Å². The second-order valence-corrected chi connectivity index (χ2v) is 6.42. The molecule has 4 nitrogen and oxygen atoms in total. The zero-order valence-electron chi connectivity index (χ0n) is 12.8. The Kier molecular flexibility index (Phi) is 5.17. The Morgan fingerprint density at radius 2 is 1.85 bits per heavy atom. The predicted octanol–water partition coefficient (Wildman–Crippen LogP) is 2.95. The summed E-state index contributed by atoms with van der Waals surface area (Å²) in [6, 6.07) is 7.93. The van der Waals surface area contributed by atoms with E-state index in [-0.39, 0.29) is 5.41 Å². The van der Waals surface area contributed by atoms with Crippen LogP contribution >= 0.6 is 0 Å². The number of carboxylic acids is 1. The van der Waals surface area contributed by atoms with Gasteiger partial charge in [-0.25, -0.2) is 0 Å². The topological polar surface area (TPSA) is 72.5 Å². The number of carbonyl (C=O) groups is 1. The minimum atomic E-state index is -1.19. The molecule has 1 aromatic carbocycles. The molecular formula is C16H25NO3. The van der Waals surface area contributed by atoms with E-state index >= 15 is 0 Å². The zero-order chi connectivity index (χ0) is 15.4. The number of rotatable bonds is 6. The van der Waals surface area contributed by atoms with Gasteiger partial charge in [-0.05, 0) is 36.8 Å². The molecule has 20 heavy (non-hydrogen) atoms. The van der Waals surface area contributed by atoms with Gasteiger partial charge in [0.25, 0.3) is 0 Å². The molecule has 0 saturated carbocycles. The van der Waals surface area contributed by atoms with E-state index in [9.17, 15) is 4.79 Å². The maximum atomic E-state index is 10.9. The molecule has 0 heterocycles. The monoisotopic (exact) mass is 279 g/mol. The summed E-state index contributed by atoms with van der Waals surface area (Å²) in [4.78, 5) is 10.9. The summed E-state index contributed by atoms with van der Waals surface area (Å²) in [5.74, 6) is -0.123. The number of ether oxygens (including phenoxy) is 1. The fourth-order valence-corrected chi connectivity index (χ4v) is 1.94. The molecule has 0 amide bonds. The van der Waals surface area contributed by atoms with E-state index in [2.05, 4.69) is 26.8 Å². The van der Waals surface area contributed by atoms with E-state index in [1.54, 1.807) is 0 Å². The first-order valence-electron chi connectivity index (χ1n) is 6.89. The Morgan fingerprint density at radius 3 is 2.40 bits per heavy atom. The zero-order valence-corrected chi connectivity index (χ0v) is 12.8. The third kappa shape index (κ3) is 4.53. The van der Waals surface area contributed by atoms with Crippen molar-refractivity contribution in [2.45, 2.75) is 51.5 Å². The van der Waals surface area contributed by atoms with Crippen LogP contribution in [0, 0.1) is 0 Å². The molecule has 1 rings (SSSR count). The van der Waals surface area contributed by atoms with Crippen LogP contribution in [0.15, 0.2) is 24.3 Å². The number of carboxylic acid groups (broad SMARTS) is 1. The molecule has 112 valence electrons. The van der Waals surface area contributed by atoms with Gasteiger partial charge in [-0.1, -0.05) is 39.0 Å². The van der Waals surface area contributed by atoms with Crippen molar-refractivity contribution in [1.82, 2.24) is 0 Å². The number of para-hydroxylation sites is 1. The maximum Gasteiger partial charge on any atom is 0.323 e. The van der Waals surface area contributed by atoms with Gasteiger partial charge in [0, 0.05) is 0 Å². The van der Waals surface area contributed by atoms with Crippen molar-refractivity contribution in [2.24, 2.45) is 5.73 Å². The molecule has 1 unspecified atom stereocenters. The molecule has 0 saturated heterocycles. The van der Waals surface area contributed by atoms with E-state index < -0.39 is 11.5 Å². The fraction of sp³-hybridized carbons (Fsp3) is 0.562. The van der Waals surface area contributed by atoms with E-state index in [0.29, 0.717) is 19.4 Å². The van der Waals surface area contributed by atoms with E-state index in [0.717, 1.165) is 11.3 Å². The first-order valence-corrected chi connectivity index (χ1v) is 6.89. The molecule has 0 fully saturated rings. The summed E-state index contributed by atoms with van der Waals surface area (Å²) in [5.41, 5.74) is 5.66. The van der Waals surface area contributed by atoms with Crippen LogP contribution in [0.4, 0.5) is 0 Å². The lowest BCUT2D eigenvalue weighted by Gasteiger charge is -2.23. The second kappa shape index (κ2) is 6.27. The average molecular weight is 279 g/mol. The number of aliphatic carboxylic acids is 1. The van der Waals surface area contributed by atoms with E-state index in [4.69, 9.17) is 15.6 Å². The molecule has 0 aromatic heterocycles. The van der Waals surface area contributed by atoms with Gasteiger partial charge in [0.15, 0.2) is 0 Å². The molecule has 1 aromatic rings. The van der Waals surface area contributed by atoms with Crippen molar-refractivity contribution in [3.8, 4) is 5.75 Å². The smallest absolute Gasteiger partial charge is 0.323 e. The third-order valence-electron chi connectivity index (χ3n) is 3.28. The highest BCUT2D eigenvalue weighted by atomic mass is 16.5. The van der Waals surface area contributed by atoms with Crippen LogP contribution in [-0.4, -0.2) is 23.2 Å². The quantitative estimate of drug-likeness (QED) is 0.785. The van der Waals surface area contributed by atoms with Crippen LogP contribution in [0.25, 0.3) is 0 Å². The first-order chi connectivity index (χ1) is 9.14. The summed E-state index contributed by atoms with van der Waals surface area (Å²) in [5, 5.41) is 8.94. The Balaban J connectivity index is 2.58. The summed E-state index contributed by atoms with van der Waals surface area (Å²) in [6.45, 7) is 8.40. The molecule has 0 spiro atoms. The van der Waals surface area contributed by atoms with Crippen molar-refractivity contribution in [3.63, 3.8) is 0 Å². The number of hydrogen-bond donors (Lipinski definition) is 2. The summed E-state index contributed by atoms with van der Waals surface area (Å²) in [7, 11) is 0. The Morgan fingerprint density at radius 1 is 1.25 bits per heavy atom. The molecule has 0 bridgehead atoms. The lowest BCUT2D eigenvalue weighted by atomic mass is 9.86. The third-order valence-corrected chi connectivity index (χ3v) is 3.28. The Hall–Kier alpha value is -1.55. The highest BCUT2D eigenvalue weighted by Gasteiger charge is 2.27. The summed E-state index contributed by atoms with van der Waals surface area (Å²) >= 11 is 0. The second-order valence-electron chi connectivity index (χ2n) is 6.42. The highest BCUT2D eigenvalue weighted by Crippen LogP contribution is 2.31. The van der Waals surface area contributed by atoms with Crippen molar-refractivity contribution in [1.29, 1.82) is 0 Å². The number of benzene rings is 1. The number of nitrogens with two attached hydrogens (primary N) is 1. The molecule has 0 aliphatic heterocycles. The molecule has 4 heteroatoms. The van der Waals surface area contributed by atoms with Crippen LogP contribution in [0.2, 0.25) is 0 Å². The van der Waals surface area contributed by atoms with Gasteiger partial charge in [-0.15, -0.1) is 0 Å². The lowest BCUT2D eigenvalue weighted by molar-refractivity contribution is -0.142. The molecule has 3 N–H and O–H groups in total. The lowest BCUT2D eigenvalue weighted by Crippen LogP contribution is -2.44. The van der Waals surface area contributed by atoms with Crippen LogP contribution in [0.3, 0.4) is 0 Å². The fourth-order valence-electron chi connectivity index (χ4n) is 1.94. The van der Waals surface area contributed by atoms with Gasteiger partial charge in [-0.3, -0.25) is 4.79 Å². The Labute approximate surface area is 120 Å². The highest BCUT2D eigenvalue weighted by molar-refractivity contribution is 5.77. The molecule has 0 aliphatic rings. The van der Waals surface area contributed by atoms with Crippen LogP contribution in [0.1, 0.15) is 46.1 Å². The van der Waals surface area contributed by atoms with Crippen molar-refractivity contribution in [3.05, 3.63) is 29.8 Å². The minimum Gasteiger partial charge on any atom is -0.493 e. The van der Waals surface area contributed by atoms with Gasteiger partial charge >= 0.3 is 5.97 Å². The van der Waals surface area contributed by atoms with Gasteiger partial charge in [0.2, 0.25) is 0 Å². The van der Waals surface area contributed by atoms with Crippen LogP contribution in [-0.2, 0) is 10.2 Å².